The molecule has 1 N–H and O–H groups in total. The minimum atomic E-state index is -4.87. The van der Waals surface area contributed by atoms with E-state index in [1.807, 2.05) is 44.2 Å². The van der Waals surface area contributed by atoms with E-state index in [9.17, 15) is 31.2 Å². The molecule has 43 heavy (non-hydrogen) atoms. The van der Waals surface area contributed by atoms with Crippen LogP contribution < -0.4 is 9.62 Å². The van der Waals surface area contributed by atoms with Crippen molar-refractivity contribution in [3.63, 3.8) is 0 Å². The van der Waals surface area contributed by atoms with Crippen molar-refractivity contribution in [2.24, 2.45) is 0 Å². The molecule has 0 unspecified atom stereocenters. The van der Waals surface area contributed by atoms with Crippen LogP contribution in [0.5, 0.6) is 0 Å². The third kappa shape index (κ3) is 8.73. The lowest BCUT2D eigenvalue weighted by Crippen LogP contribution is -2.53. The fourth-order valence-corrected chi connectivity index (χ4v) is 5.92. The predicted octanol–water partition coefficient (Wildman–Crippen LogP) is 6.24. The first-order valence-electron chi connectivity index (χ1n) is 13.7. The van der Waals surface area contributed by atoms with Gasteiger partial charge in [0.25, 0.3) is 10.0 Å². The van der Waals surface area contributed by atoms with E-state index in [1.54, 1.807) is 19.1 Å². The average Bonchev–Trinajstić information content (AvgIpc) is 2.96. The number of hydrogen-bond donors (Lipinski definition) is 1. The molecule has 0 spiro atoms. The fraction of sp³-hybridized carbons (Fsp3) is 0.355. The van der Waals surface area contributed by atoms with E-state index in [1.165, 1.54) is 24.0 Å². The number of hydrogen-bond acceptors (Lipinski definition) is 4. The lowest BCUT2D eigenvalue weighted by molar-refractivity contribution is -0.139. The van der Waals surface area contributed by atoms with Gasteiger partial charge in [0, 0.05) is 12.6 Å². The summed E-state index contributed by atoms with van der Waals surface area (Å²) in [5.41, 5.74) is 0.00275. The average molecular weight is 638 g/mol. The normalized spacial score (nSPS) is 13.2. The number of sulfonamides is 1. The first-order valence-corrected chi connectivity index (χ1v) is 15.6. The van der Waals surface area contributed by atoms with E-state index in [2.05, 4.69) is 5.32 Å². The maximum Gasteiger partial charge on any atom is 0.417 e. The Morgan fingerprint density at radius 2 is 1.60 bits per heavy atom. The molecule has 0 aromatic heterocycles. The zero-order valence-corrected chi connectivity index (χ0v) is 25.9. The maximum atomic E-state index is 13.9. The van der Waals surface area contributed by atoms with Crippen molar-refractivity contribution < 1.29 is 31.2 Å². The highest BCUT2D eigenvalue weighted by molar-refractivity contribution is 7.92. The quantitative estimate of drug-likeness (QED) is 0.255. The van der Waals surface area contributed by atoms with Gasteiger partial charge in [0.05, 0.1) is 21.2 Å². The maximum absolute atomic E-state index is 13.9. The Balaban J connectivity index is 2.07. The fourth-order valence-electron chi connectivity index (χ4n) is 4.29. The molecule has 3 aromatic rings. The number of aryl methyl sites for hydroxylation is 1. The van der Waals surface area contributed by atoms with Crippen molar-refractivity contribution in [2.75, 3.05) is 17.4 Å². The topological polar surface area (TPSA) is 86.8 Å². The Morgan fingerprint density at radius 1 is 0.977 bits per heavy atom. The van der Waals surface area contributed by atoms with Crippen LogP contribution in [0.2, 0.25) is 5.02 Å². The van der Waals surface area contributed by atoms with Gasteiger partial charge in [0.15, 0.2) is 0 Å². The van der Waals surface area contributed by atoms with Crippen molar-refractivity contribution >= 4 is 39.1 Å². The number of carbonyl (C=O) groups excluding carboxylic acids is 2. The molecule has 3 aromatic carbocycles. The predicted molar refractivity (Wildman–Crippen MR) is 161 cm³/mol. The van der Waals surface area contributed by atoms with Gasteiger partial charge in [-0.25, -0.2) is 8.42 Å². The number of halogens is 4. The van der Waals surface area contributed by atoms with Crippen LogP contribution in [0.4, 0.5) is 18.9 Å². The van der Waals surface area contributed by atoms with Crippen LogP contribution in [0.1, 0.15) is 43.9 Å². The second-order valence-electron chi connectivity index (χ2n) is 10.3. The van der Waals surface area contributed by atoms with Crippen LogP contribution in [0.3, 0.4) is 0 Å². The number of nitrogens with zero attached hydrogens (tertiary/aromatic N) is 2. The van der Waals surface area contributed by atoms with E-state index in [0.717, 1.165) is 23.3 Å². The number of anilines is 1. The van der Waals surface area contributed by atoms with Crippen LogP contribution in [0.25, 0.3) is 0 Å². The molecule has 0 saturated carbocycles. The van der Waals surface area contributed by atoms with Crippen LogP contribution >= 0.6 is 11.6 Å². The summed E-state index contributed by atoms with van der Waals surface area (Å²) >= 11 is 5.81. The molecule has 0 aliphatic carbocycles. The van der Waals surface area contributed by atoms with Gasteiger partial charge in [-0.3, -0.25) is 13.9 Å². The summed E-state index contributed by atoms with van der Waals surface area (Å²) in [6, 6.07) is 16.4. The molecule has 0 heterocycles. The summed E-state index contributed by atoms with van der Waals surface area (Å²) in [6.45, 7) is 6.19. The summed E-state index contributed by atoms with van der Waals surface area (Å²) in [4.78, 5) is 28.1. The Labute approximate surface area is 255 Å². The molecule has 0 bridgehead atoms. The largest absolute Gasteiger partial charge is 0.417 e. The minimum Gasteiger partial charge on any atom is -0.352 e. The van der Waals surface area contributed by atoms with E-state index in [-0.39, 0.29) is 17.5 Å². The summed E-state index contributed by atoms with van der Waals surface area (Å²) in [5.74, 6) is -1.20. The number of benzene rings is 3. The van der Waals surface area contributed by atoms with Crippen LogP contribution in [0.15, 0.2) is 77.7 Å². The first-order chi connectivity index (χ1) is 20.1. The standard InChI is InChI=1S/C31H35ClF3N3O4S/c1-5-22(3)36-30(40)23(4)37(18-17-24-9-7-6-8-10-24)29(39)20-38(43(41,42)26-14-11-21(2)12-15-26)25-13-16-28(32)27(19-25)31(33,34)35/h6-16,19,22-23H,5,17-18,20H2,1-4H3,(H,36,40)/t22-,23+/m0/s1. The lowest BCUT2D eigenvalue weighted by Gasteiger charge is -2.32. The monoisotopic (exact) mass is 637 g/mol. The van der Waals surface area contributed by atoms with Gasteiger partial charge in [0.2, 0.25) is 11.8 Å². The van der Waals surface area contributed by atoms with Crippen LogP contribution in [-0.2, 0) is 32.2 Å². The van der Waals surface area contributed by atoms with E-state index < -0.39 is 56.9 Å². The Hall–Kier alpha value is -3.57. The van der Waals surface area contributed by atoms with Gasteiger partial charge in [0.1, 0.15) is 12.6 Å². The molecule has 3 rings (SSSR count). The van der Waals surface area contributed by atoms with Crippen molar-refractivity contribution in [3.8, 4) is 0 Å². The first kappa shape index (κ1) is 33.9. The van der Waals surface area contributed by atoms with Crippen molar-refractivity contribution in [3.05, 3.63) is 94.5 Å². The molecule has 232 valence electrons. The van der Waals surface area contributed by atoms with Gasteiger partial charge < -0.3 is 10.2 Å². The third-order valence-electron chi connectivity index (χ3n) is 7.08. The van der Waals surface area contributed by atoms with E-state index in [4.69, 9.17) is 11.6 Å². The van der Waals surface area contributed by atoms with Crippen LogP contribution in [0, 0.1) is 6.92 Å². The van der Waals surface area contributed by atoms with Crippen LogP contribution in [-0.4, -0.2) is 50.3 Å². The summed E-state index contributed by atoms with van der Waals surface area (Å²) in [6.07, 6.45) is -3.87. The van der Waals surface area contributed by atoms with Crippen molar-refractivity contribution in [1.29, 1.82) is 0 Å². The van der Waals surface area contributed by atoms with Crippen molar-refractivity contribution in [1.82, 2.24) is 10.2 Å². The Kier molecular flexibility index (Phi) is 11.3. The van der Waals surface area contributed by atoms with Crippen molar-refractivity contribution in [2.45, 2.75) is 63.7 Å². The van der Waals surface area contributed by atoms with E-state index >= 15 is 0 Å². The SMILES string of the molecule is CC[C@H](C)NC(=O)[C@@H](C)N(CCc1ccccc1)C(=O)CN(c1ccc(Cl)c(C(F)(F)F)c1)S(=O)(=O)c1ccc(C)cc1. The highest BCUT2D eigenvalue weighted by Gasteiger charge is 2.37. The molecule has 0 aliphatic heterocycles. The lowest BCUT2D eigenvalue weighted by atomic mass is 10.1. The molecular formula is C31H35ClF3N3O4S. The van der Waals surface area contributed by atoms with Gasteiger partial charge in [-0.2, -0.15) is 13.2 Å². The molecule has 2 amide bonds. The molecule has 0 saturated heterocycles. The van der Waals surface area contributed by atoms with E-state index in [0.29, 0.717) is 23.2 Å². The molecule has 0 fully saturated rings. The summed E-state index contributed by atoms with van der Waals surface area (Å²) in [5, 5.41) is 2.22. The molecule has 0 aliphatic rings. The van der Waals surface area contributed by atoms with Gasteiger partial charge in [-0.1, -0.05) is 66.6 Å². The second-order valence-corrected chi connectivity index (χ2v) is 12.6. The zero-order chi connectivity index (χ0) is 31.9. The Morgan fingerprint density at radius 3 is 2.19 bits per heavy atom. The molecular weight excluding hydrogens is 603 g/mol. The number of nitrogens with one attached hydrogen (secondary N) is 1. The number of carbonyl (C=O) groups is 2. The zero-order valence-electron chi connectivity index (χ0n) is 24.4. The van der Waals surface area contributed by atoms with Gasteiger partial charge in [-0.05, 0) is 69.5 Å². The molecule has 12 heteroatoms. The molecule has 2 atom stereocenters. The Bertz CT molecular complexity index is 1520. The highest BCUT2D eigenvalue weighted by atomic mass is 35.5. The van der Waals surface area contributed by atoms with Gasteiger partial charge in [-0.15, -0.1) is 0 Å². The number of amides is 2. The third-order valence-corrected chi connectivity index (χ3v) is 9.20. The highest BCUT2D eigenvalue weighted by Crippen LogP contribution is 2.38. The molecule has 7 nitrogen and oxygen atoms in total. The minimum absolute atomic E-state index is 0.0603. The van der Waals surface area contributed by atoms with Gasteiger partial charge >= 0.3 is 6.18 Å². The second kappa shape index (κ2) is 14.3. The number of rotatable bonds is 12. The smallest absolute Gasteiger partial charge is 0.352 e. The molecule has 0 radical (unpaired) electrons. The summed E-state index contributed by atoms with van der Waals surface area (Å²) in [7, 11) is -4.54. The summed E-state index contributed by atoms with van der Waals surface area (Å²) < 4.78 is 69.7. The number of alkyl halides is 3.